The maximum atomic E-state index is 12.2. The molecule has 1 saturated carbocycles. The highest BCUT2D eigenvalue weighted by Crippen LogP contribution is 2.30. The minimum atomic E-state index is -0.314. The van der Waals surface area contributed by atoms with Gasteiger partial charge in [-0.05, 0) is 37.3 Å². The molecule has 2 fully saturated rings. The Balaban J connectivity index is 1.60. The summed E-state index contributed by atoms with van der Waals surface area (Å²) in [7, 11) is 0. The van der Waals surface area contributed by atoms with Gasteiger partial charge in [0.1, 0.15) is 0 Å². The second kappa shape index (κ2) is 5.72. The number of nitrogens with zero attached hydrogens (tertiary/aromatic N) is 2. The Kier molecular flexibility index (Phi) is 3.72. The van der Waals surface area contributed by atoms with Crippen LogP contribution >= 0.6 is 11.6 Å². The molecule has 0 spiro atoms. The summed E-state index contributed by atoms with van der Waals surface area (Å²) in [6.07, 6.45) is 3.54. The van der Waals surface area contributed by atoms with Gasteiger partial charge in [-0.2, -0.15) is 0 Å². The molecule has 22 heavy (non-hydrogen) atoms. The average molecular weight is 323 g/mol. The largest absolute Gasteiger partial charge is 0.421 e. The number of fused-ring (bicyclic) bond motifs is 1. The zero-order valence-corrected chi connectivity index (χ0v) is 13.1. The van der Waals surface area contributed by atoms with E-state index < -0.39 is 0 Å². The number of aromatic nitrogens is 1. The number of halogens is 1. The molecule has 5 nitrogen and oxygen atoms in total. The van der Waals surface area contributed by atoms with Crippen LogP contribution in [0.4, 0.5) is 0 Å². The molecule has 0 bridgehead atoms. The van der Waals surface area contributed by atoms with E-state index in [9.17, 15) is 4.79 Å². The molecule has 1 saturated heterocycles. The molecule has 1 aromatic carbocycles. The van der Waals surface area contributed by atoms with Crippen LogP contribution in [0, 0.1) is 5.92 Å². The quantitative estimate of drug-likeness (QED) is 0.849. The lowest BCUT2D eigenvalue weighted by Crippen LogP contribution is -2.36. The van der Waals surface area contributed by atoms with Gasteiger partial charge in [-0.25, -0.2) is 4.79 Å². The molecular formula is C16H19ClN2O3. The first-order chi connectivity index (χ1) is 10.7. The van der Waals surface area contributed by atoms with Crippen molar-refractivity contribution in [2.24, 2.45) is 5.92 Å². The van der Waals surface area contributed by atoms with Crippen molar-refractivity contribution in [3.05, 3.63) is 33.8 Å². The highest BCUT2D eigenvalue weighted by Gasteiger charge is 2.32. The van der Waals surface area contributed by atoms with E-state index in [4.69, 9.17) is 20.8 Å². The molecule has 1 aliphatic carbocycles. The van der Waals surface area contributed by atoms with Crippen molar-refractivity contribution in [2.75, 3.05) is 19.8 Å². The fourth-order valence-corrected chi connectivity index (χ4v) is 3.34. The van der Waals surface area contributed by atoms with Crippen LogP contribution in [0.3, 0.4) is 0 Å². The smallest absolute Gasteiger partial charge is 0.408 e. The summed E-state index contributed by atoms with van der Waals surface area (Å²) < 4.78 is 12.5. The summed E-state index contributed by atoms with van der Waals surface area (Å²) in [5, 5.41) is 0.579. The Morgan fingerprint density at radius 3 is 2.91 bits per heavy atom. The van der Waals surface area contributed by atoms with E-state index in [0.717, 1.165) is 31.7 Å². The highest BCUT2D eigenvalue weighted by atomic mass is 35.5. The van der Waals surface area contributed by atoms with E-state index in [0.29, 0.717) is 29.2 Å². The zero-order valence-electron chi connectivity index (χ0n) is 12.3. The van der Waals surface area contributed by atoms with E-state index in [1.54, 1.807) is 16.7 Å². The lowest BCUT2D eigenvalue weighted by Gasteiger charge is -2.24. The van der Waals surface area contributed by atoms with Gasteiger partial charge < -0.3 is 9.15 Å². The highest BCUT2D eigenvalue weighted by molar-refractivity contribution is 6.31. The van der Waals surface area contributed by atoms with Crippen molar-refractivity contribution < 1.29 is 9.15 Å². The fraction of sp³-hybridized carbons (Fsp3) is 0.562. The van der Waals surface area contributed by atoms with Crippen LogP contribution < -0.4 is 5.76 Å². The summed E-state index contributed by atoms with van der Waals surface area (Å²) >= 11 is 5.96. The first-order valence-corrected chi connectivity index (χ1v) is 8.19. The van der Waals surface area contributed by atoms with Crippen LogP contribution in [-0.4, -0.2) is 35.3 Å². The SMILES string of the molecule is O=c1oc2cc(Cl)ccc2n1CN(C[C@H]1CCOC1)C1CC1. The van der Waals surface area contributed by atoms with Gasteiger partial charge in [-0.1, -0.05) is 11.6 Å². The van der Waals surface area contributed by atoms with E-state index in [2.05, 4.69) is 4.90 Å². The molecule has 6 heteroatoms. The number of hydrogen-bond acceptors (Lipinski definition) is 4. The summed E-state index contributed by atoms with van der Waals surface area (Å²) in [5.41, 5.74) is 1.36. The van der Waals surface area contributed by atoms with E-state index in [-0.39, 0.29) is 5.76 Å². The summed E-state index contributed by atoms with van der Waals surface area (Å²) in [4.78, 5) is 14.6. The summed E-state index contributed by atoms with van der Waals surface area (Å²) in [6.45, 7) is 3.25. The van der Waals surface area contributed by atoms with Crippen molar-refractivity contribution in [3.63, 3.8) is 0 Å². The van der Waals surface area contributed by atoms with Crippen LogP contribution in [0.1, 0.15) is 19.3 Å². The second-order valence-electron chi connectivity index (χ2n) is 6.28. The van der Waals surface area contributed by atoms with Gasteiger partial charge >= 0.3 is 5.76 Å². The maximum Gasteiger partial charge on any atom is 0.421 e. The van der Waals surface area contributed by atoms with Crippen molar-refractivity contribution >= 4 is 22.7 Å². The minimum Gasteiger partial charge on any atom is -0.408 e. The molecule has 1 atom stereocenters. The third-order valence-corrected chi connectivity index (χ3v) is 4.77. The molecule has 2 aromatic rings. The molecule has 1 aliphatic heterocycles. The molecule has 1 aromatic heterocycles. The van der Waals surface area contributed by atoms with Crippen molar-refractivity contribution in [2.45, 2.75) is 32.0 Å². The number of rotatable bonds is 5. The number of ether oxygens (including phenoxy) is 1. The Morgan fingerprint density at radius 1 is 1.32 bits per heavy atom. The van der Waals surface area contributed by atoms with Gasteiger partial charge in [0.2, 0.25) is 0 Å². The zero-order chi connectivity index (χ0) is 15.1. The molecule has 0 amide bonds. The van der Waals surface area contributed by atoms with E-state index in [1.807, 2.05) is 6.07 Å². The van der Waals surface area contributed by atoms with Gasteiger partial charge in [-0.3, -0.25) is 9.47 Å². The third-order valence-electron chi connectivity index (χ3n) is 4.53. The predicted octanol–water partition coefficient (Wildman–Crippen LogP) is 2.71. The molecule has 2 aliphatic rings. The van der Waals surface area contributed by atoms with Gasteiger partial charge in [0.15, 0.2) is 5.58 Å². The average Bonchev–Trinajstić information content (AvgIpc) is 3.13. The number of hydrogen-bond donors (Lipinski definition) is 0. The van der Waals surface area contributed by atoms with Crippen LogP contribution in [0.25, 0.3) is 11.1 Å². The molecule has 4 rings (SSSR count). The molecule has 118 valence electrons. The predicted molar refractivity (Wildman–Crippen MR) is 84.1 cm³/mol. The van der Waals surface area contributed by atoms with Crippen molar-refractivity contribution in [1.82, 2.24) is 9.47 Å². The summed E-state index contributed by atoms with van der Waals surface area (Å²) in [6, 6.07) is 5.93. The van der Waals surface area contributed by atoms with Gasteiger partial charge in [-0.15, -0.1) is 0 Å². The van der Waals surface area contributed by atoms with Crippen LogP contribution in [-0.2, 0) is 11.4 Å². The topological polar surface area (TPSA) is 47.6 Å². The van der Waals surface area contributed by atoms with Gasteiger partial charge in [0, 0.05) is 30.3 Å². The number of oxazole rings is 1. The van der Waals surface area contributed by atoms with Crippen molar-refractivity contribution in [3.8, 4) is 0 Å². The van der Waals surface area contributed by atoms with Crippen LogP contribution in [0.2, 0.25) is 5.02 Å². The first kappa shape index (κ1) is 14.3. The Morgan fingerprint density at radius 2 is 2.18 bits per heavy atom. The maximum absolute atomic E-state index is 12.2. The van der Waals surface area contributed by atoms with Crippen LogP contribution in [0.15, 0.2) is 27.4 Å². The van der Waals surface area contributed by atoms with Crippen molar-refractivity contribution in [1.29, 1.82) is 0 Å². The third kappa shape index (κ3) is 2.81. The normalized spacial score (nSPS) is 22.0. The molecule has 0 unspecified atom stereocenters. The molecule has 0 N–H and O–H groups in total. The number of benzene rings is 1. The first-order valence-electron chi connectivity index (χ1n) is 7.81. The standard InChI is InChI=1S/C16H19ClN2O3/c17-12-1-4-14-15(7-12)22-16(20)19(14)10-18(13-2-3-13)8-11-5-6-21-9-11/h1,4,7,11,13H,2-3,5-6,8-10H2/t11-/m1/s1. The van der Waals surface area contributed by atoms with Gasteiger partial charge in [0.05, 0.1) is 18.8 Å². The molecular weight excluding hydrogens is 304 g/mol. The lowest BCUT2D eigenvalue weighted by molar-refractivity contribution is 0.145. The summed E-state index contributed by atoms with van der Waals surface area (Å²) in [5.74, 6) is 0.259. The Hall–Kier alpha value is -1.30. The van der Waals surface area contributed by atoms with E-state index >= 15 is 0 Å². The van der Waals surface area contributed by atoms with E-state index in [1.165, 1.54) is 12.8 Å². The van der Waals surface area contributed by atoms with Gasteiger partial charge in [0.25, 0.3) is 0 Å². The fourth-order valence-electron chi connectivity index (χ4n) is 3.18. The Labute approximate surface area is 133 Å². The Bertz CT molecular complexity index is 729. The molecule has 2 heterocycles. The molecule has 0 radical (unpaired) electrons. The monoisotopic (exact) mass is 322 g/mol. The second-order valence-corrected chi connectivity index (χ2v) is 6.72. The lowest BCUT2D eigenvalue weighted by atomic mass is 10.1. The van der Waals surface area contributed by atoms with Crippen LogP contribution in [0.5, 0.6) is 0 Å². The minimum absolute atomic E-state index is 0.314.